The lowest BCUT2D eigenvalue weighted by Gasteiger charge is -2.25. The molecule has 1 aromatic rings. The van der Waals surface area contributed by atoms with E-state index in [0.717, 1.165) is 5.56 Å². The van der Waals surface area contributed by atoms with Crippen LogP contribution in [-0.4, -0.2) is 26.8 Å². The minimum absolute atomic E-state index is 0.208. The second kappa shape index (κ2) is 6.81. The van der Waals surface area contributed by atoms with Crippen LogP contribution < -0.4 is 9.26 Å². The first kappa shape index (κ1) is 16.3. The summed E-state index contributed by atoms with van der Waals surface area (Å²) in [6, 6.07) is 5.17. The van der Waals surface area contributed by atoms with Crippen molar-refractivity contribution in [1.82, 2.24) is 0 Å². The normalized spacial score (nSPS) is 20.0. The Kier molecular flexibility index (Phi) is 5.06. The van der Waals surface area contributed by atoms with Crippen molar-refractivity contribution in [3.8, 4) is 11.5 Å². The number of esters is 1. The number of benzene rings is 1. The predicted molar refractivity (Wildman–Crippen MR) is 82.0 cm³/mol. The van der Waals surface area contributed by atoms with Crippen LogP contribution >= 0.6 is 7.60 Å². The molecule has 1 aromatic carbocycles. The molecule has 0 saturated carbocycles. The molecule has 1 atom stereocenters. The monoisotopic (exact) mass is 324 g/mol. The first-order chi connectivity index (χ1) is 10.5. The van der Waals surface area contributed by atoms with Crippen molar-refractivity contribution in [1.29, 1.82) is 0 Å². The van der Waals surface area contributed by atoms with Gasteiger partial charge in [0.25, 0.3) is 0 Å². The van der Waals surface area contributed by atoms with Crippen molar-refractivity contribution < 1.29 is 27.9 Å². The molecule has 0 saturated heterocycles. The van der Waals surface area contributed by atoms with Gasteiger partial charge in [0.1, 0.15) is 11.5 Å². The maximum absolute atomic E-state index is 12.9. The fraction of sp³-hybridized carbons (Fsp3) is 0.267. The Balaban J connectivity index is 2.45. The highest BCUT2D eigenvalue weighted by Crippen LogP contribution is 2.60. The molecule has 0 fully saturated rings. The van der Waals surface area contributed by atoms with Gasteiger partial charge in [0.05, 0.1) is 26.1 Å². The SMILES string of the molecule is CCOP1(=O)Oc2cc(OC)ccc2C=C1/C=C/C(=O)OC. The Morgan fingerprint density at radius 1 is 1.36 bits per heavy atom. The van der Waals surface area contributed by atoms with Gasteiger partial charge in [0.15, 0.2) is 0 Å². The van der Waals surface area contributed by atoms with E-state index in [9.17, 15) is 9.36 Å². The van der Waals surface area contributed by atoms with Crippen LogP contribution in [0.3, 0.4) is 0 Å². The second-order valence-electron chi connectivity index (χ2n) is 4.34. The van der Waals surface area contributed by atoms with Crippen LogP contribution in [-0.2, 0) is 18.6 Å². The first-order valence-corrected chi connectivity index (χ1v) is 8.17. The zero-order valence-corrected chi connectivity index (χ0v) is 13.5. The molecule has 7 heteroatoms. The largest absolute Gasteiger partial charge is 0.497 e. The van der Waals surface area contributed by atoms with E-state index < -0.39 is 13.6 Å². The lowest BCUT2D eigenvalue weighted by Crippen LogP contribution is -2.06. The highest BCUT2D eigenvalue weighted by atomic mass is 31.2. The smallest absolute Gasteiger partial charge is 0.410 e. The average molecular weight is 324 g/mol. The summed E-state index contributed by atoms with van der Waals surface area (Å²) in [4.78, 5) is 11.2. The van der Waals surface area contributed by atoms with Gasteiger partial charge in [-0.1, -0.05) is 0 Å². The molecule has 0 aliphatic carbocycles. The van der Waals surface area contributed by atoms with Gasteiger partial charge in [-0.2, -0.15) is 0 Å². The van der Waals surface area contributed by atoms with Gasteiger partial charge >= 0.3 is 13.6 Å². The summed E-state index contributed by atoms with van der Waals surface area (Å²) in [7, 11) is -0.741. The molecule has 2 rings (SSSR count). The van der Waals surface area contributed by atoms with E-state index in [1.165, 1.54) is 26.4 Å². The highest BCUT2D eigenvalue weighted by molar-refractivity contribution is 7.59. The van der Waals surface area contributed by atoms with Crippen molar-refractivity contribution >= 4 is 19.6 Å². The number of rotatable bonds is 5. The Bertz CT molecular complexity index is 677. The minimum Gasteiger partial charge on any atom is -0.497 e. The molecule has 1 aliphatic heterocycles. The maximum atomic E-state index is 12.9. The number of hydrogen-bond donors (Lipinski definition) is 0. The van der Waals surface area contributed by atoms with Gasteiger partial charge in [-0.15, -0.1) is 0 Å². The van der Waals surface area contributed by atoms with Gasteiger partial charge < -0.3 is 14.0 Å². The van der Waals surface area contributed by atoms with E-state index >= 15 is 0 Å². The fourth-order valence-corrected chi connectivity index (χ4v) is 3.51. The van der Waals surface area contributed by atoms with Gasteiger partial charge in [0.2, 0.25) is 0 Å². The topological polar surface area (TPSA) is 71.1 Å². The summed E-state index contributed by atoms with van der Waals surface area (Å²) in [6.45, 7) is 1.92. The Labute approximate surface area is 128 Å². The third-order valence-electron chi connectivity index (χ3n) is 2.95. The zero-order chi connectivity index (χ0) is 16.2. The van der Waals surface area contributed by atoms with Crippen LogP contribution in [0.2, 0.25) is 0 Å². The first-order valence-electron chi connectivity index (χ1n) is 6.63. The Morgan fingerprint density at radius 2 is 2.14 bits per heavy atom. The average Bonchev–Trinajstić information content (AvgIpc) is 2.51. The maximum Gasteiger partial charge on any atom is 0.410 e. The van der Waals surface area contributed by atoms with E-state index in [1.807, 2.05) is 0 Å². The standard InChI is InChI=1S/C15H17O6P/c1-4-20-22(17)13(7-8-15(16)19-3)9-11-5-6-12(18-2)10-14(11)21-22/h5-10H,4H2,1-3H3/b8-7+. The van der Waals surface area contributed by atoms with Crippen molar-refractivity contribution in [3.05, 3.63) is 41.2 Å². The van der Waals surface area contributed by atoms with Crippen molar-refractivity contribution in [2.24, 2.45) is 0 Å². The second-order valence-corrected chi connectivity index (χ2v) is 6.29. The summed E-state index contributed by atoms with van der Waals surface area (Å²) in [5, 5.41) is 0.289. The van der Waals surface area contributed by atoms with Crippen LogP contribution in [0.25, 0.3) is 6.08 Å². The van der Waals surface area contributed by atoms with Gasteiger partial charge in [-0.3, -0.25) is 4.52 Å². The quantitative estimate of drug-likeness (QED) is 0.470. The molecule has 118 valence electrons. The molecular weight excluding hydrogens is 307 g/mol. The Morgan fingerprint density at radius 3 is 2.77 bits per heavy atom. The van der Waals surface area contributed by atoms with E-state index in [-0.39, 0.29) is 11.9 Å². The van der Waals surface area contributed by atoms with E-state index in [1.54, 1.807) is 31.2 Å². The van der Waals surface area contributed by atoms with E-state index in [2.05, 4.69) is 4.74 Å². The molecule has 0 spiro atoms. The molecule has 6 nitrogen and oxygen atoms in total. The third-order valence-corrected chi connectivity index (χ3v) is 4.90. The van der Waals surface area contributed by atoms with Crippen LogP contribution in [0, 0.1) is 0 Å². The lowest BCUT2D eigenvalue weighted by molar-refractivity contribution is -0.134. The van der Waals surface area contributed by atoms with Crippen molar-refractivity contribution in [2.45, 2.75) is 6.92 Å². The number of ether oxygens (including phenoxy) is 2. The van der Waals surface area contributed by atoms with E-state index in [0.29, 0.717) is 11.5 Å². The predicted octanol–water partition coefficient (Wildman–Crippen LogP) is 3.39. The highest BCUT2D eigenvalue weighted by Gasteiger charge is 2.34. The summed E-state index contributed by atoms with van der Waals surface area (Å²) < 4.78 is 33.4. The number of allylic oxidation sites excluding steroid dienone is 2. The molecule has 22 heavy (non-hydrogen) atoms. The molecule has 0 radical (unpaired) electrons. The minimum atomic E-state index is -3.54. The molecule has 0 bridgehead atoms. The summed E-state index contributed by atoms with van der Waals surface area (Å²) in [6.07, 6.45) is 4.22. The lowest BCUT2D eigenvalue weighted by atomic mass is 10.1. The third kappa shape index (κ3) is 3.40. The van der Waals surface area contributed by atoms with Gasteiger partial charge in [0, 0.05) is 17.7 Å². The molecule has 0 aromatic heterocycles. The van der Waals surface area contributed by atoms with Crippen LogP contribution in [0.5, 0.6) is 11.5 Å². The molecule has 0 amide bonds. The van der Waals surface area contributed by atoms with Crippen molar-refractivity contribution in [2.75, 3.05) is 20.8 Å². The molecule has 1 aliphatic rings. The number of hydrogen-bond acceptors (Lipinski definition) is 6. The Hall–Kier alpha value is -2.04. The number of carbonyl (C=O) groups is 1. The van der Waals surface area contributed by atoms with Crippen molar-refractivity contribution in [3.63, 3.8) is 0 Å². The zero-order valence-electron chi connectivity index (χ0n) is 12.6. The number of carbonyl (C=O) groups excluding carboxylic acids is 1. The van der Waals surface area contributed by atoms with Crippen LogP contribution in [0.15, 0.2) is 35.7 Å². The van der Waals surface area contributed by atoms with Crippen LogP contribution in [0.4, 0.5) is 0 Å². The molecule has 1 unspecified atom stereocenters. The summed E-state index contributed by atoms with van der Waals surface area (Å²) >= 11 is 0. The molecular formula is C15H17O6P. The van der Waals surface area contributed by atoms with Crippen LogP contribution in [0.1, 0.15) is 12.5 Å². The number of methoxy groups -OCH3 is 2. The van der Waals surface area contributed by atoms with E-state index in [4.69, 9.17) is 13.8 Å². The van der Waals surface area contributed by atoms with Gasteiger partial charge in [-0.05, 0) is 31.2 Å². The fourth-order valence-electron chi connectivity index (χ4n) is 1.89. The molecule has 1 heterocycles. The van der Waals surface area contributed by atoms with Gasteiger partial charge in [-0.25, -0.2) is 9.36 Å². The number of fused-ring (bicyclic) bond motifs is 1. The summed E-state index contributed by atoms with van der Waals surface area (Å²) in [5.41, 5.74) is 0.719. The molecule has 0 N–H and O–H groups in total. The summed E-state index contributed by atoms with van der Waals surface area (Å²) in [5.74, 6) is 0.444.